The summed E-state index contributed by atoms with van der Waals surface area (Å²) in [5.74, 6) is -8.20. The molecule has 22 heteroatoms. The highest BCUT2D eigenvalue weighted by Gasteiger charge is 2.32. The van der Waals surface area contributed by atoms with Crippen molar-refractivity contribution >= 4 is 47.3 Å². The molecular formula is C28H46N10O12. The topological polar surface area (TPSA) is 370 Å². The number of carbonyl (C=O) groups excluding carboxylic acids is 7. The van der Waals surface area contributed by atoms with Gasteiger partial charge in [0.1, 0.15) is 30.2 Å². The van der Waals surface area contributed by atoms with Gasteiger partial charge in [-0.2, -0.15) is 0 Å². The molecule has 0 fully saturated rings. The Bertz CT molecular complexity index is 1330. The third-order valence-electron chi connectivity index (χ3n) is 6.86. The largest absolute Gasteiger partial charge is 0.480 e. The van der Waals surface area contributed by atoms with Crippen LogP contribution in [0.4, 0.5) is 0 Å². The number of hydrogen-bond acceptors (Lipinski definition) is 13. The molecule has 1 aromatic rings. The lowest BCUT2D eigenvalue weighted by atomic mass is 10.0. The monoisotopic (exact) mass is 714 g/mol. The molecule has 0 aliphatic carbocycles. The van der Waals surface area contributed by atoms with Crippen molar-refractivity contribution in [3.63, 3.8) is 0 Å². The van der Waals surface area contributed by atoms with Crippen LogP contribution in [0.25, 0.3) is 0 Å². The minimum absolute atomic E-state index is 0.00405. The molecule has 1 rings (SSSR count). The van der Waals surface area contributed by atoms with Crippen LogP contribution >= 0.6 is 0 Å². The van der Waals surface area contributed by atoms with E-state index in [-0.39, 0.29) is 31.6 Å². The zero-order chi connectivity index (χ0) is 38.0. The van der Waals surface area contributed by atoms with E-state index in [0.29, 0.717) is 5.69 Å². The Morgan fingerprint density at radius 1 is 0.760 bits per heavy atom. The Labute approximate surface area is 285 Å². The molecular weight excluding hydrogens is 668 g/mol. The van der Waals surface area contributed by atoms with Crippen LogP contribution in [-0.2, 0) is 44.8 Å². The lowest BCUT2D eigenvalue weighted by Gasteiger charge is -2.26. The van der Waals surface area contributed by atoms with Crippen LogP contribution < -0.4 is 43.4 Å². The van der Waals surface area contributed by atoms with Crippen LogP contribution in [-0.4, -0.2) is 140 Å². The molecule has 0 aliphatic heterocycles. The number of aromatic nitrogens is 2. The number of carbonyl (C=O) groups is 8. The molecule has 0 bridgehead atoms. The van der Waals surface area contributed by atoms with E-state index in [4.69, 9.17) is 11.5 Å². The van der Waals surface area contributed by atoms with Gasteiger partial charge in [-0.1, -0.05) is 13.8 Å². The lowest BCUT2D eigenvalue weighted by molar-refractivity contribution is -0.141. The van der Waals surface area contributed by atoms with Crippen LogP contribution in [0, 0.1) is 5.92 Å². The number of nitrogens with two attached hydrogens (primary N) is 2. The molecule has 280 valence electrons. The van der Waals surface area contributed by atoms with Crippen LogP contribution in [0.15, 0.2) is 12.5 Å². The summed E-state index contributed by atoms with van der Waals surface area (Å²) in [5.41, 5.74) is 11.1. The smallest absolute Gasteiger partial charge is 0.326 e. The number of carboxylic acids is 1. The summed E-state index contributed by atoms with van der Waals surface area (Å²) in [4.78, 5) is 105. The van der Waals surface area contributed by atoms with Crippen LogP contribution in [0.1, 0.15) is 38.8 Å². The maximum atomic E-state index is 13.1. The number of nitrogens with one attached hydrogen (secondary N) is 7. The molecule has 22 nitrogen and oxygen atoms in total. The fraction of sp³-hybridized carbons (Fsp3) is 0.607. The number of amides is 7. The molecule has 1 heterocycles. The van der Waals surface area contributed by atoms with Gasteiger partial charge in [0.25, 0.3) is 0 Å². The Morgan fingerprint density at radius 3 is 1.72 bits per heavy atom. The second-order valence-electron chi connectivity index (χ2n) is 11.5. The second-order valence-corrected chi connectivity index (χ2v) is 11.5. The maximum Gasteiger partial charge on any atom is 0.326 e. The van der Waals surface area contributed by atoms with Crippen molar-refractivity contribution in [2.75, 3.05) is 26.4 Å². The quantitative estimate of drug-likeness (QED) is 0.0501. The molecule has 7 amide bonds. The van der Waals surface area contributed by atoms with Crippen molar-refractivity contribution in [1.29, 1.82) is 0 Å². The summed E-state index contributed by atoms with van der Waals surface area (Å²) in [7, 11) is 0. The predicted molar refractivity (Wildman–Crippen MR) is 170 cm³/mol. The first-order valence-corrected chi connectivity index (χ1v) is 15.4. The summed E-state index contributed by atoms with van der Waals surface area (Å²) in [6.07, 6.45) is 2.22. The lowest BCUT2D eigenvalue weighted by Crippen LogP contribution is -2.60. The van der Waals surface area contributed by atoms with Crippen LogP contribution in [0.5, 0.6) is 0 Å². The van der Waals surface area contributed by atoms with Crippen molar-refractivity contribution in [3.05, 3.63) is 18.2 Å². The zero-order valence-corrected chi connectivity index (χ0v) is 27.5. The van der Waals surface area contributed by atoms with Gasteiger partial charge in [-0.3, -0.25) is 33.6 Å². The average molecular weight is 715 g/mol. The number of hydrogen-bond donors (Lipinski definition) is 13. The van der Waals surface area contributed by atoms with Gasteiger partial charge in [0.15, 0.2) is 0 Å². The first-order chi connectivity index (χ1) is 23.5. The molecule has 15 N–H and O–H groups in total. The number of carboxylic acid groups (broad SMARTS) is 1. The van der Waals surface area contributed by atoms with Gasteiger partial charge in [-0.05, 0) is 18.8 Å². The molecule has 0 saturated heterocycles. The standard InChI is InChI=1S/C28H46N10O12/c1-13(2)5-16(35-26(47)19(10-40)36-23(44)15(29)3-4-21(30)42)25(46)38-20(11-41)27(48)37-18(9-39)24(45)32-8-22(43)34-17(28(49)50)6-14-7-31-12-33-14/h7,12-13,15-20,39-41H,3-6,8-11,29H2,1-2H3,(H2,30,42)(H,31,33)(H,32,45)(H,34,43)(H,35,47)(H,36,44)(H,37,48)(H,38,46)(H,49,50)/t15-,16-,17-,18-,19-,20-/m0/s1. The van der Waals surface area contributed by atoms with Crippen molar-refractivity contribution in [2.24, 2.45) is 17.4 Å². The van der Waals surface area contributed by atoms with Gasteiger partial charge in [0.05, 0.1) is 38.7 Å². The van der Waals surface area contributed by atoms with Crippen molar-refractivity contribution in [2.45, 2.75) is 75.8 Å². The van der Waals surface area contributed by atoms with E-state index in [2.05, 4.69) is 41.9 Å². The number of nitrogens with zero attached hydrogens (tertiary/aromatic N) is 1. The van der Waals surface area contributed by atoms with E-state index in [9.17, 15) is 58.8 Å². The van der Waals surface area contributed by atoms with E-state index < -0.39 is 110 Å². The number of aliphatic hydroxyl groups is 3. The van der Waals surface area contributed by atoms with Gasteiger partial charge < -0.3 is 68.8 Å². The first kappa shape index (κ1) is 42.8. The molecule has 6 atom stereocenters. The highest BCUT2D eigenvalue weighted by atomic mass is 16.4. The number of H-pyrrole nitrogens is 1. The number of imidazole rings is 1. The first-order valence-electron chi connectivity index (χ1n) is 15.4. The maximum absolute atomic E-state index is 13.1. The SMILES string of the molecule is CC(C)C[C@H](NC(=O)[C@H](CO)NC(=O)[C@@H](N)CCC(N)=O)C(=O)N[C@@H](CO)C(=O)N[C@@H](CO)C(=O)NCC(=O)N[C@@H](Cc1cnc[nH]1)C(=O)O. The minimum atomic E-state index is -1.70. The average Bonchev–Trinajstić information content (AvgIpc) is 3.58. The fourth-order valence-corrected chi connectivity index (χ4v) is 4.16. The van der Waals surface area contributed by atoms with Gasteiger partial charge in [-0.25, -0.2) is 9.78 Å². The van der Waals surface area contributed by atoms with E-state index in [1.807, 2.05) is 0 Å². The number of rotatable bonds is 23. The molecule has 0 spiro atoms. The Balaban J connectivity index is 2.82. The van der Waals surface area contributed by atoms with E-state index in [1.165, 1.54) is 12.5 Å². The van der Waals surface area contributed by atoms with Crippen LogP contribution in [0.2, 0.25) is 0 Å². The van der Waals surface area contributed by atoms with E-state index in [0.717, 1.165) is 0 Å². The summed E-state index contributed by atoms with van der Waals surface area (Å²) >= 11 is 0. The van der Waals surface area contributed by atoms with Crippen molar-refractivity contribution in [1.82, 2.24) is 41.9 Å². The number of aromatic amines is 1. The molecule has 0 unspecified atom stereocenters. The zero-order valence-electron chi connectivity index (χ0n) is 27.5. The van der Waals surface area contributed by atoms with E-state index >= 15 is 0 Å². The summed E-state index contributed by atoms with van der Waals surface area (Å²) in [5, 5.41) is 51.8. The van der Waals surface area contributed by atoms with Crippen molar-refractivity contribution < 1.29 is 58.8 Å². The number of aliphatic hydroxyl groups excluding tert-OH is 3. The predicted octanol–water partition coefficient (Wildman–Crippen LogP) is -6.81. The summed E-state index contributed by atoms with van der Waals surface area (Å²) < 4.78 is 0. The Hall–Kier alpha value is -5.19. The fourth-order valence-electron chi connectivity index (χ4n) is 4.16. The molecule has 0 radical (unpaired) electrons. The summed E-state index contributed by atoms with van der Waals surface area (Å²) in [6, 6.07) is -8.87. The van der Waals surface area contributed by atoms with Gasteiger partial charge in [-0.15, -0.1) is 0 Å². The molecule has 1 aromatic heterocycles. The molecule has 0 saturated carbocycles. The van der Waals surface area contributed by atoms with Gasteiger partial charge in [0.2, 0.25) is 41.4 Å². The molecule has 0 aliphatic rings. The third-order valence-corrected chi connectivity index (χ3v) is 6.86. The minimum Gasteiger partial charge on any atom is -0.480 e. The van der Waals surface area contributed by atoms with E-state index in [1.54, 1.807) is 13.8 Å². The third kappa shape index (κ3) is 15.4. The summed E-state index contributed by atoms with van der Waals surface area (Å²) in [6.45, 7) is -0.184. The number of primary amides is 1. The normalized spacial score (nSPS) is 14.5. The highest BCUT2D eigenvalue weighted by Crippen LogP contribution is 2.07. The molecule has 0 aromatic carbocycles. The second kappa shape index (κ2) is 21.7. The van der Waals surface area contributed by atoms with Crippen LogP contribution in [0.3, 0.4) is 0 Å². The Kier molecular flexibility index (Phi) is 18.6. The van der Waals surface area contributed by atoms with Gasteiger partial charge in [0, 0.05) is 24.7 Å². The molecule has 50 heavy (non-hydrogen) atoms. The highest BCUT2D eigenvalue weighted by molar-refractivity contribution is 5.96. The number of aliphatic carboxylic acids is 1. The van der Waals surface area contributed by atoms with Gasteiger partial charge >= 0.3 is 5.97 Å². The Morgan fingerprint density at radius 2 is 1.26 bits per heavy atom. The van der Waals surface area contributed by atoms with Crippen molar-refractivity contribution in [3.8, 4) is 0 Å².